The Labute approximate surface area is 484 Å². The first kappa shape index (κ1) is 71.3. The van der Waals surface area contributed by atoms with Gasteiger partial charge in [0.15, 0.2) is 5.96 Å². The number of benzene rings is 2. The Morgan fingerprint density at radius 3 is 1.35 bits per heavy atom. The number of aliphatic hydroxyl groups is 1. The fourth-order valence-electron chi connectivity index (χ4n) is 8.24. The van der Waals surface area contributed by atoms with Gasteiger partial charge < -0.3 is 91.0 Å². The van der Waals surface area contributed by atoms with Crippen molar-refractivity contribution in [1.82, 2.24) is 42.5 Å². The number of carbonyl (C=O) groups is 12. The van der Waals surface area contributed by atoms with Crippen molar-refractivity contribution >= 4 is 77.1 Å². The summed E-state index contributed by atoms with van der Waals surface area (Å²) in [5.74, 6) is -14.8. The lowest BCUT2D eigenvalue weighted by Gasteiger charge is -2.28. The molecule has 0 spiro atoms. The van der Waals surface area contributed by atoms with Gasteiger partial charge in [-0.25, -0.2) is 4.79 Å². The lowest BCUT2D eigenvalue weighted by molar-refractivity contribution is -0.144. The van der Waals surface area contributed by atoms with Crippen LogP contribution in [0.25, 0.3) is 0 Å². The Bertz CT molecular complexity index is 2570. The standard InChI is InChI=1S/C54H81N13O17/c1-29(2)25-37(48(78)62-36(53(83)84)20-22-42(71)72)63-46(76)34(18-10-11-23-55)60-49(79)38(26-31-13-6-4-7-14-31)64-50(80)39(27-32-15-8-5-9-16-32)65-51(81)40(28-43(73)74)66-47(77)35(19-21-41(69)70)61-52(82)44(30(3)68)67-45(75)33(56)17-12-24-59-54(57)58/h4-9,13-16,29-30,33-40,44,68H,10-12,17-28,55-56H2,1-3H3,(H,60,79)(H,61,82)(H,62,78)(H,63,76)(H,64,80)(H,65,81)(H,66,77)(H,67,75)(H,69,70)(H,71,72)(H,73,74)(H,83,84)(H4,57,58,59)/t30-,33+,34+,35+,36+,37+,38+,39+,40+,44+/m1/s1. The number of amides is 8. The number of aliphatic imine (C=N–C) groups is 1. The molecule has 0 saturated carbocycles. The summed E-state index contributed by atoms with van der Waals surface area (Å²) in [6, 6.07) is 1.90. The van der Waals surface area contributed by atoms with Gasteiger partial charge in [-0.15, -0.1) is 0 Å². The number of aliphatic hydroxyl groups excluding tert-OH is 1. The predicted molar refractivity (Wildman–Crippen MR) is 301 cm³/mol. The van der Waals surface area contributed by atoms with Crippen molar-refractivity contribution in [2.45, 2.75) is 165 Å². The molecule has 0 bridgehead atoms. The number of rotatable bonds is 40. The highest BCUT2D eigenvalue weighted by Crippen LogP contribution is 2.13. The Balaban J connectivity index is 2.56. The summed E-state index contributed by atoms with van der Waals surface area (Å²) in [4.78, 5) is 163. The topological polar surface area (TPSA) is 519 Å². The highest BCUT2D eigenvalue weighted by Gasteiger charge is 2.37. The van der Waals surface area contributed by atoms with Crippen LogP contribution in [-0.4, -0.2) is 176 Å². The summed E-state index contributed by atoms with van der Waals surface area (Å²) < 4.78 is 0. The van der Waals surface area contributed by atoms with E-state index in [9.17, 15) is 78.0 Å². The van der Waals surface area contributed by atoms with Gasteiger partial charge in [-0.2, -0.15) is 0 Å². The minimum Gasteiger partial charge on any atom is -0.481 e. The van der Waals surface area contributed by atoms with E-state index in [0.717, 1.165) is 6.92 Å². The summed E-state index contributed by atoms with van der Waals surface area (Å²) in [5, 5.41) is 68.1. The lowest BCUT2D eigenvalue weighted by Crippen LogP contribution is -2.61. The van der Waals surface area contributed by atoms with E-state index in [1.54, 1.807) is 74.5 Å². The van der Waals surface area contributed by atoms with Crippen LogP contribution in [-0.2, 0) is 70.4 Å². The van der Waals surface area contributed by atoms with Gasteiger partial charge in [0, 0.05) is 32.2 Å². The molecule has 30 heteroatoms. The van der Waals surface area contributed by atoms with Crippen LogP contribution in [0.3, 0.4) is 0 Å². The first-order chi connectivity index (χ1) is 39.6. The third-order valence-corrected chi connectivity index (χ3v) is 12.7. The van der Waals surface area contributed by atoms with Gasteiger partial charge in [0.1, 0.15) is 48.3 Å². The molecule has 464 valence electrons. The predicted octanol–water partition coefficient (Wildman–Crippen LogP) is -3.42. The van der Waals surface area contributed by atoms with Crippen LogP contribution >= 0.6 is 0 Å². The number of hydrogen-bond acceptors (Lipinski definition) is 16. The Morgan fingerprint density at radius 1 is 0.476 bits per heavy atom. The van der Waals surface area contributed by atoms with Crippen molar-refractivity contribution in [1.29, 1.82) is 0 Å². The van der Waals surface area contributed by atoms with Crippen molar-refractivity contribution in [2.75, 3.05) is 13.1 Å². The third-order valence-electron chi connectivity index (χ3n) is 12.7. The molecule has 0 aliphatic carbocycles. The lowest BCUT2D eigenvalue weighted by atomic mass is 10.00. The molecule has 0 radical (unpaired) electrons. The zero-order chi connectivity index (χ0) is 63.1. The van der Waals surface area contributed by atoms with Crippen molar-refractivity contribution in [3.05, 3.63) is 71.8 Å². The van der Waals surface area contributed by atoms with Gasteiger partial charge >= 0.3 is 23.9 Å². The molecule has 2 aromatic rings. The van der Waals surface area contributed by atoms with E-state index in [1.807, 2.05) is 0 Å². The minimum atomic E-state index is -2.04. The number of aliphatic carboxylic acids is 4. The molecule has 8 amide bonds. The number of nitrogens with zero attached hydrogens (tertiary/aromatic N) is 1. The average Bonchev–Trinajstić information content (AvgIpc) is 3.47. The molecule has 0 fully saturated rings. The Morgan fingerprint density at radius 2 is 0.893 bits per heavy atom. The van der Waals surface area contributed by atoms with Gasteiger partial charge in [-0.3, -0.25) is 57.7 Å². The summed E-state index contributed by atoms with van der Waals surface area (Å²) >= 11 is 0. The largest absolute Gasteiger partial charge is 0.481 e. The maximum Gasteiger partial charge on any atom is 0.326 e. The zero-order valence-corrected chi connectivity index (χ0v) is 47.1. The van der Waals surface area contributed by atoms with Crippen LogP contribution < -0.4 is 65.5 Å². The molecular formula is C54H81N13O17. The van der Waals surface area contributed by atoms with Crippen LogP contribution in [0.5, 0.6) is 0 Å². The fraction of sp³-hybridized carbons (Fsp3) is 0.537. The second-order valence-corrected chi connectivity index (χ2v) is 20.3. The van der Waals surface area contributed by atoms with Crippen LogP contribution in [0.15, 0.2) is 65.7 Å². The van der Waals surface area contributed by atoms with E-state index in [4.69, 9.17) is 28.0 Å². The molecule has 0 aliphatic rings. The summed E-state index contributed by atoms with van der Waals surface area (Å²) in [6.45, 7) is 4.89. The molecule has 21 N–H and O–H groups in total. The van der Waals surface area contributed by atoms with Crippen molar-refractivity contribution in [3.8, 4) is 0 Å². The van der Waals surface area contributed by atoms with E-state index in [1.165, 1.54) is 0 Å². The SMILES string of the molecule is CC(C)C[C@H](NC(=O)[C@H](CCCCN)NC(=O)[C@H](Cc1ccccc1)NC(=O)[C@H](Cc1ccccc1)NC(=O)[C@H](CC(=O)O)NC(=O)[C@H](CCC(=O)O)NC(=O)[C@@H](NC(=O)[C@@H](N)CCCN=C(N)N)[C@@H](C)O)C(=O)N[C@@H](CCC(=O)O)C(=O)O. The normalized spacial score (nSPS) is 14.6. The van der Waals surface area contributed by atoms with Crippen LogP contribution in [0.2, 0.25) is 0 Å². The molecule has 10 atom stereocenters. The summed E-state index contributed by atoms with van der Waals surface area (Å²) in [7, 11) is 0. The molecule has 0 saturated heterocycles. The second kappa shape index (κ2) is 37.4. The minimum absolute atomic E-state index is 0.0146. The quantitative estimate of drug-likeness (QED) is 0.0175. The second-order valence-electron chi connectivity index (χ2n) is 20.3. The molecule has 30 nitrogen and oxygen atoms in total. The molecule has 0 heterocycles. The van der Waals surface area contributed by atoms with Crippen molar-refractivity contribution < 1.29 is 83.1 Å². The number of carboxylic acids is 4. The highest BCUT2D eigenvalue weighted by molar-refractivity contribution is 5.99. The maximum absolute atomic E-state index is 14.6. The van der Waals surface area contributed by atoms with Crippen molar-refractivity contribution in [3.63, 3.8) is 0 Å². The highest BCUT2D eigenvalue weighted by atomic mass is 16.4. The summed E-state index contributed by atoms with van der Waals surface area (Å²) in [6.07, 6.45) is -4.88. The number of guanidine groups is 1. The number of unbranched alkanes of at least 4 members (excludes halogenated alkanes) is 1. The van der Waals surface area contributed by atoms with E-state index >= 15 is 0 Å². The van der Waals surface area contributed by atoms with E-state index in [0.29, 0.717) is 17.5 Å². The summed E-state index contributed by atoms with van der Waals surface area (Å²) in [5.41, 5.74) is 23.3. The first-order valence-corrected chi connectivity index (χ1v) is 27.2. The smallest absolute Gasteiger partial charge is 0.326 e. The monoisotopic (exact) mass is 1180 g/mol. The molecule has 84 heavy (non-hydrogen) atoms. The molecule has 0 aliphatic heterocycles. The van der Waals surface area contributed by atoms with Gasteiger partial charge in [0.2, 0.25) is 47.3 Å². The maximum atomic E-state index is 14.6. The number of carboxylic acid groups (broad SMARTS) is 4. The van der Waals surface area contributed by atoms with Crippen LogP contribution in [0, 0.1) is 5.92 Å². The average molecular weight is 1180 g/mol. The van der Waals surface area contributed by atoms with E-state index in [-0.39, 0.29) is 69.9 Å². The van der Waals surface area contributed by atoms with E-state index in [2.05, 4.69) is 47.5 Å². The number of hydrogen-bond donors (Lipinski definition) is 17. The molecule has 2 aromatic carbocycles. The van der Waals surface area contributed by atoms with Crippen LogP contribution in [0.1, 0.15) is 103 Å². The van der Waals surface area contributed by atoms with Gasteiger partial charge in [-0.05, 0) is 81.9 Å². The number of carbonyl (C=O) groups excluding carboxylic acids is 8. The van der Waals surface area contributed by atoms with Crippen molar-refractivity contribution in [2.24, 2.45) is 33.8 Å². The molecule has 2 rings (SSSR count). The molecular weight excluding hydrogens is 1100 g/mol. The number of nitrogens with one attached hydrogen (secondary N) is 8. The third kappa shape index (κ3) is 27.8. The van der Waals surface area contributed by atoms with E-state index < -0.39 is 164 Å². The zero-order valence-electron chi connectivity index (χ0n) is 47.1. The van der Waals surface area contributed by atoms with Gasteiger partial charge in [0.05, 0.1) is 18.6 Å². The van der Waals surface area contributed by atoms with Gasteiger partial charge in [0.25, 0.3) is 0 Å². The Hall–Kier alpha value is -8.77. The Kier molecular flexibility index (Phi) is 31.7. The fourth-order valence-corrected chi connectivity index (χ4v) is 8.24. The number of nitrogens with two attached hydrogens (primary N) is 4. The van der Waals surface area contributed by atoms with Gasteiger partial charge in [-0.1, -0.05) is 74.5 Å². The molecule has 0 unspecified atom stereocenters. The van der Waals surface area contributed by atoms with Crippen LogP contribution in [0.4, 0.5) is 0 Å². The first-order valence-electron chi connectivity index (χ1n) is 27.2. The molecule has 0 aromatic heterocycles.